The lowest BCUT2D eigenvalue weighted by molar-refractivity contribution is 0.0948. The number of nitrogens with one attached hydrogen (secondary N) is 1. The minimum absolute atomic E-state index is 0.323. The quantitative estimate of drug-likeness (QED) is 0.858. The summed E-state index contributed by atoms with van der Waals surface area (Å²) in [6.07, 6.45) is 2.27. The summed E-state index contributed by atoms with van der Waals surface area (Å²) in [6.45, 7) is 4.11. The molecule has 6 heteroatoms. The molecule has 0 radical (unpaired) electrons. The van der Waals surface area contributed by atoms with Crippen LogP contribution in [-0.4, -0.2) is 26.9 Å². The van der Waals surface area contributed by atoms with Gasteiger partial charge >= 0.3 is 0 Å². The van der Waals surface area contributed by atoms with Crippen LogP contribution in [0.1, 0.15) is 29.3 Å². The van der Waals surface area contributed by atoms with E-state index in [4.69, 9.17) is 0 Å². The summed E-state index contributed by atoms with van der Waals surface area (Å²) >= 11 is 0. The average Bonchev–Trinajstić information content (AvgIpc) is 2.38. The fraction of sp³-hybridized carbons (Fsp3) is 0.308. The van der Waals surface area contributed by atoms with Crippen molar-refractivity contribution in [1.82, 2.24) is 14.7 Å². The lowest BCUT2D eigenvalue weighted by atomic mass is 10.2. The van der Waals surface area contributed by atoms with Gasteiger partial charge in [0, 0.05) is 12.7 Å². The first-order valence-electron chi connectivity index (χ1n) is 6.05. The second kappa shape index (κ2) is 5.09. The van der Waals surface area contributed by atoms with Crippen LogP contribution in [0.5, 0.6) is 5.88 Å². The molecule has 2 aromatic rings. The Morgan fingerprint density at radius 2 is 2.26 bits per heavy atom. The molecule has 0 aliphatic carbocycles. The van der Waals surface area contributed by atoms with Gasteiger partial charge in [0.15, 0.2) is 5.56 Å². The largest absolute Gasteiger partial charge is 0.493 e. The number of hydrogen-bond acceptors (Lipinski definition) is 4. The number of aromatic nitrogens is 2. The molecular weight excluding hydrogens is 246 g/mol. The first-order valence-corrected chi connectivity index (χ1v) is 6.05. The average molecular weight is 261 g/mol. The Bertz CT molecular complexity index is 691. The Hall–Kier alpha value is -2.37. The van der Waals surface area contributed by atoms with Gasteiger partial charge in [-0.2, -0.15) is 4.98 Å². The normalized spacial score (nSPS) is 10.6. The van der Waals surface area contributed by atoms with Crippen molar-refractivity contribution in [3.05, 3.63) is 39.8 Å². The van der Waals surface area contributed by atoms with Gasteiger partial charge in [0.25, 0.3) is 11.5 Å². The van der Waals surface area contributed by atoms with E-state index in [0.717, 1.165) is 12.0 Å². The number of aryl methyl sites for hydroxylation is 1. The zero-order chi connectivity index (χ0) is 14.0. The van der Waals surface area contributed by atoms with E-state index in [1.165, 1.54) is 10.6 Å². The zero-order valence-electron chi connectivity index (χ0n) is 10.8. The Kier molecular flexibility index (Phi) is 3.50. The fourth-order valence-corrected chi connectivity index (χ4v) is 1.81. The standard InChI is InChI=1S/C13H15N3O3/c1-3-6-14-11(17)9-12(18)15-10-8(2)5-4-7-16(10)13(9)19/h4-5,7,18H,3,6H2,1-2H3,(H,14,17). The maximum Gasteiger partial charge on any atom is 0.274 e. The van der Waals surface area contributed by atoms with E-state index >= 15 is 0 Å². The third-order valence-corrected chi connectivity index (χ3v) is 2.79. The number of fused-ring (bicyclic) bond motifs is 1. The highest BCUT2D eigenvalue weighted by Crippen LogP contribution is 2.13. The van der Waals surface area contributed by atoms with Gasteiger partial charge in [0.2, 0.25) is 5.88 Å². The van der Waals surface area contributed by atoms with E-state index in [0.29, 0.717) is 12.2 Å². The van der Waals surface area contributed by atoms with Crippen LogP contribution in [0.3, 0.4) is 0 Å². The van der Waals surface area contributed by atoms with Gasteiger partial charge in [-0.05, 0) is 25.0 Å². The van der Waals surface area contributed by atoms with Crippen molar-refractivity contribution in [2.24, 2.45) is 0 Å². The monoisotopic (exact) mass is 261 g/mol. The highest BCUT2D eigenvalue weighted by molar-refractivity contribution is 5.96. The van der Waals surface area contributed by atoms with Gasteiger partial charge in [-0.1, -0.05) is 13.0 Å². The van der Waals surface area contributed by atoms with Crippen LogP contribution in [-0.2, 0) is 0 Å². The van der Waals surface area contributed by atoms with Crippen LogP contribution in [0.15, 0.2) is 23.1 Å². The summed E-state index contributed by atoms with van der Waals surface area (Å²) in [4.78, 5) is 28.0. The molecule has 0 fully saturated rings. The minimum atomic E-state index is -0.604. The molecule has 2 N–H and O–H groups in total. The lowest BCUT2D eigenvalue weighted by Crippen LogP contribution is -2.32. The predicted octanol–water partition coefficient (Wildman–Crippen LogP) is 0.848. The second-order valence-corrected chi connectivity index (χ2v) is 4.26. The molecule has 100 valence electrons. The molecule has 0 aliphatic rings. The molecule has 1 amide bonds. The van der Waals surface area contributed by atoms with Gasteiger partial charge in [-0.15, -0.1) is 0 Å². The number of hydrogen-bond donors (Lipinski definition) is 2. The van der Waals surface area contributed by atoms with E-state index in [9.17, 15) is 14.7 Å². The van der Waals surface area contributed by atoms with Crippen LogP contribution in [0.25, 0.3) is 5.65 Å². The van der Waals surface area contributed by atoms with Gasteiger partial charge in [-0.25, -0.2) is 0 Å². The van der Waals surface area contributed by atoms with Crippen LogP contribution in [0, 0.1) is 6.92 Å². The maximum absolute atomic E-state index is 12.2. The number of nitrogens with zero attached hydrogens (tertiary/aromatic N) is 2. The van der Waals surface area contributed by atoms with E-state index in [1.54, 1.807) is 19.1 Å². The third kappa shape index (κ3) is 2.29. The summed E-state index contributed by atoms with van der Waals surface area (Å²) in [6, 6.07) is 3.47. The maximum atomic E-state index is 12.2. The van der Waals surface area contributed by atoms with Crippen LogP contribution in [0.2, 0.25) is 0 Å². The Morgan fingerprint density at radius 1 is 1.53 bits per heavy atom. The predicted molar refractivity (Wildman–Crippen MR) is 70.5 cm³/mol. The van der Waals surface area contributed by atoms with Gasteiger partial charge in [0.05, 0.1) is 0 Å². The SMILES string of the molecule is CCCNC(=O)c1c(O)nc2c(C)cccn2c1=O. The highest BCUT2D eigenvalue weighted by atomic mass is 16.3. The third-order valence-electron chi connectivity index (χ3n) is 2.79. The molecular formula is C13H15N3O3. The number of pyridine rings is 1. The second-order valence-electron chi connectivity index (χ2n) is 4.26. The summed E-state index contributed by atoms with van der Waals surface area (Å²) in [5, 5.41) is 12.4. The summed E-state index contributed by atoms with van der Waals surface area (Å²) in [5.41, 5.74) is 0.198. The van der Waals surface area contributed by atoms with Crippen molar-refractivity contribution in [3.63, 3.8) is 0 Å². The van der Waals surface area contributed by atoms with Crippen molar-refractivity contribution >= 4 is 11.6 Å². The molecule has 0 spiro atoms. The van der Waals surface area contributed by atoms with Gasteiger partial charge in [-0.3, -0.25) is 14.0 Å². The molecule has 2 rings (SSSR count). The molecule has 0 atom stereocenters. The Labute approximate surface area is 109 Å². The molecule has 0 saturated carbocycles. The molecule has 0 bridgehead atoms. The van der Waals surface area contributed by atoms with E-state index < -0.39 is 17.3 Å². The molecule has 19 heavy (non-hydrogen) atoms. The molecule has 0 saturated heterocycles. The van der Waals surface area contributed by atoms with Gasteiger partial charge in [0.1, 0.15) is 5.65 Å². The van der Waals surface area contributed by atoms with Gasteiger partial charge < -0.3 is 10.4 Å². The van der Waals surface area contributed by atoms with Crippen LogP contribution in [0.4, 0.5) is 0 Å². The highest BCUT2D eigenvalue weighted by Gasteiger charge is 2.19. The van der Waals surface area contributed by atoms with Crippen molar-refractivity contribution in [2.45, 2.75) is 20.3 Å². The van der Waals surface area contributed by atoms with Crippen molar-refractivity contribution < 1.29 is 9.90 Å². The smallest absolute Gasteiger partial charge is 0.274 e. The van der Waals surface area contributed by atoms with E-state index in [1.807, 2.05) is 6.92 Å². The number of carbonyl (C=O) groups excluding carboxylic acids is 1. The summed E-state index contributed by atoms with van der Waals surface area (Å²) in [5.74, 6) is -1.14. The molecule has 2 heterocycles. The topological polar surface area (TPSA) is 83.7 Å². The number of amides is 1. The Balaban J connectivity index is 2.64. The molecule has 2 aromatic heterocycles. The first kappa shape index (κ1) is 13.1. The van der Waals surface area contributed by atoms with Crippen molar-refractivity contribution in [1.29, 1.82) is 0 Å². The van der Waals surface area contributed by atoms with Crippen LogP contribution >= 0.6 is 0 Å². The number of carbonyl (C=O) groups is 1. The fourth-order valence-electron chi connectivity index (χ4n) is 1.81. The molecule has 0 aliphatic heterocycles. The minimum Gasteiger partial charge on any atom is -0.493 e. The molecule has 0 unspecified atom stereocenters. The summed E-state index contributed by atoms with van der Waals surface area (Å²) < 4.78 is 1.26. The molecule has 0 aromatic carbocycles. The zero-order valence-corrected chi connectivity index (χ0v) is 10.8. The van der Waals surface area contributed by atoms with Crippen molar-refractivity contribution in [2.75, 3.05) is 6.54 Å². The molecule has 6 nitrogen and oxygen atoms in total. The van der Waals surface area contributed by atoms with Crippen molar-refractivity contribution in [3.8, 4) is 5.88 Å². The number of aromatic hydroxyl groups is 1. The van der Waals surface area contributed by atoms with E-state index in [2.05, 4.69) is 10.3 Å². The summed E-state index contributed by atoms with van der Waals surface area (Å²) in [7, 11) is 0. The Morgan fingerprint density at radius 3 is 2.95 bits per heavy atom. The first-order chi connectivity index (χ1) is 9.06. The van der Waals surface area contributed by atoms with E-state index in [-0.39, 0.29) is 5.56 Å². The number of rotatable bonds is 3. The van der Waals surface area contributed by atoms with Crippen LogP contribution < -0.4 is 10.9 Å². The lowest BCUT2D eigenvalue weighted by Gasteiger charge is -2.08.